The zero-order valence-electron chi connectivity index (χ0n) is 4.46. The van der Waals surface area contributed by atoms with Gasteiger partial charge in [0.25, 0.3) is 0 Å². The molecule has 0 heterocycles. The molecule has 0 unspecified atom stereocenters. The minimum Gasteiger partial charge on any atom is -0.459 e. The molecule has 0 saturated heterocycles. The van der Waals surface area contributed by atoms with E-state index in [0.717, 1.165) is 18.9 Å². The van der Waals surface area contributed by atoms with Crippen molar-refractivity contribution >= 4 is 5.97 Å². The molecule has 1 radical (unpaired) electrons. The second kappa shape index (κ2) is 1.99. The summed E-state index contributed by atoms with van der Waals surface area (Å²) in [7, 11) is 0. The molecule has 2 nitrogen and oxygen atoms in total. The molecule has 1 fully saturated rings. The molecular formula is C6H7O2. The lowest BCUT2D eigenvalue weighted by Gasteiger charge is -1.93. The van der Waals surface area contributed by atoms with Crippen molar-refractivity contribution in [1.82, 2.24) is 0 Å². The second-order valence-electron chi connectivity index (χ2n) is 1.80. The molecule has 2 heteroatoms. The van der Waals surface area contributed by atoms with Crippen LogP contribution < -0.4 is 0 Å². The molecule has 8 heavy (non-hydrogen) atoms. The molecule has 0 bridgehead atoms. The van der Waals surface area contributed by atoms with Gasteiger partial charge in [0.2, 0.25) is 0 Å². The Morgan fingerprint density at radius 1 is 1.75 bits per heavy atom. The summed E-state index contributed by atoms with van der Waals surface area (Å²) < 4.78 is 4.69. The Bertz CT molecular complexity index is 114. The first kappa shape index (κ1) is 5.35. The van der Waals surface area contributed by atoms with Gasteiger partial charge in [-0.1, -0.05) is 6.58 Å². The Morgan fingerprint density at radius 2 is 2.38 bits per heavy atom. The zero-order valence-corrected chi connectivity index (χ0v) is 4.46. The first-order valence-corrected chi connectivity index (χ1v) is 2.58. The van der Waals surface area contributed by atoms with Crippen molar-refractivity contribution in [1.29, 1.82) is 0 Å². The van der Waals surface area contributed by atoms with Crippen LogP contribution in [0.2, 0.25) is 0 Å². The van der Waals surface area contributed by atoms with Gasteiger partial charge >= 0.3 is 5.97 Å². The smallest absolute Gasteiger partial charge is 0.331 e. The fourth-order valence-electron chi connectivity index (χ4n) is 0.389. The van der Waals surface area contributed by atoms with Crippen LogP contribution in [-0.4, -0.2) is 12.1 Å². The van der Waals surface area contributed by atoms with E-state index in [2.05, 4.69) is 0 Å². The molecule has 43 valence electrons. The van der Waals surface area contributed by atoms with Gasteiger partial charge < -0.3 is 4.74 Å². The topological polar surface area (TPSA) is 26.3 Å². The van der Waals surface area contributed by atoms with Gasteiger partial charge in [-0.05, 0) is 12.8 Å². The van der Waals surface area contributed by atoms with Gasteiger partial charge in [-0.25, -0.2) is 4.79 Å². The predicted octanol–water partition coefficient (Wildman–Crippen LogP) is 0.681. The van der Waals surface area contributed by atoms with Crippen LogP contribution >= 0.6 is 0 Å². The van der Waals surface area contributed by atoms with Crippen LogP contribution in [0.5, 0.6) is 0 Å². The van der Waals surface area contributed by atoms with Gasteiger partial charge in [0.05, 0.1) is 0 Å². The quantitative estimate of drug-likeness (QED) is 0.387. The van der Waals surface area contributed by atoms with E-state index in [1.54, 1.807) is 0 Å². The summed E-state index contributed by atoms with van der Waals surface area (Å²) in [5.74, 6) is -0.410. The Kier molecular flexibility index (Phi) is 1.33. The normalized spacial score (nSPS) is 17.5. The standard InChI is InChI=1S/C6H7O2/c1-2-6(7)8-5-3-4-5/h1-2,5H,3-4H2. The SMILES string of the molecule is [CH]=CC(=O)OC1CC1. The molecule has 1 rings (SSSR count). The molecule has 0 spiro atoms. The molecule has 0 aromatic carbocycles. The number of ether oxygens (including phenoxy) is 1. The van der Waals surface area contributed by atoms with Crippen molar-refractivity contribution in [3.63, 3.8) is 0 Å². The Balaban J connectivity index is 2.16. The fraction of sp³-hybridized carbons (Fsp3) is 0.500. The molecule has 0 atom stereocenters. The monoisotopic (exact) mass is 111 g/mol. The highest BCUT2D eigenvalue weighted by Gasteiger charge is 2.24. The summed E-state index contributed by atoms with van der Waals surface area (Å²) in [4.78, 5) is 10.3. The van der Waals surface area contributed by atoms with Gasteiger partial charge in [0.1, 0.15) is 6.10 Å². The summed E-state index contributed by atoms with van der Waals surface area (Å²) in [6.07, 6.45) is 3.11. The van der Waals surface area contributed by atoms with Gasteiger partial charge in [-0.2, -0.15) is 0 Å². The summed E-state index contributed by atoms with van der Waals surface area (Å²) in [5.41, 5.74) is 0. The van der Waals surface area contributed by atoms with E-state index in [-0.39, 0.29) is 6.10 Å². The Labute approximate surface area is 48.1 Å². The van der Waals surface area contributed by atoms with Crippen molar-refractivity contribution in [3.8, 4) is 0 Å². The number of carbonyl (C=O) groups is 1. The van der Waals surface area contributed by atoms with Crippen molar-refractivity contribution in [2.24, 2.45) is 0 Å². The maximum Gasteiger partial charge on any atom is 0.331 e. The first-order chi connectivity index (χ1) is 3.83. The third-order valence-corrected chi connectivity index (χ3v) is 0.943. The molecule has 1 saturated carbocycles. The van der Waals surface area contributed by atoms with E-state index in [4.69, 9.17) is 11.3 Å². The van der Waals surface area contributed by atoms with E-state index >= 15 is 0 Å². The third-order valence-electron chi connectivity index (χ3n) is 0.943. The molecule has 0 aliphatic heterocycles. The number of rotatable bonds is 2. The highest BCUT2D eigenvalue weighted by Crippen LogP contribution is 2.23. The molecule has 0 aromatic rings. The second-order valence-corrected chi connectivity index (χ2v) is 1.80. The van der Waals surface area contributed by atoms with Crippen LogP contribution in [-0.2, 0) is 9.53 Å². The van der Waals surface area contributed by atoms with E-state index in [0.29, 0.717) is 0 Å². The molecule has 0 N–H and O–H groups in total. The highest BCUT2D eigenvalue weighted by molar-refractivity contribution is 5.81. The average molecular weight is 111 g/mol. The number of carbonyl (C=O) groups excluding carboxylic acids is 1. The number of hydrogen-bond acceptors (Lipinski definition) is 2. The largest absolute Gasteiger partial charge is 0.459 e. The Hall–Kier alpha value is -0.790. The molecule has 0 amide bonds. The van der Waals surface area contributed by atoms with Crippen LogP contribution in [0, 0.1) is 6.58 Å². The summed E-state index contributed by atoms with van der Waals surface area (Å²) in [6.45, 7) is 4.85. The van der Waals surface area contributed by atoms with Crippen LogP contribution in [0.4, 0.5) is 0 Å². The summed E-state index contributed by atoms with van der Waals surface area (Å²) >= 11 is 0. The van der Waals surface area contributed by atoms with Crippen LogP contribution in [0.3, 0.4) is 0 Å². The van der Waals surface area contributed by atoms with Crippen molar-refractivity contribution in [3.05, 3.63) is 12.7 Å². The third kappa shape index (κ3) is 1.37. The van der Waals surface area contributed by atoms with E-state index in [9.17, 15) is 4.79 Å². The lowest BCUT2D eigenvalue weighted by Crippen LogP contribution is -2.00. The summed E-state index contributed by atoms with van der Waals surface area (Å²) in [6, 6.07) is 0. The molecule has 0 aromatic heterocycles. The maximum absolute atomic E-state index is 10.3. The van der Waals surface area contributed by atoms with Crippen LogP contribution in [0.25, 0.3) is 0 Å². The Morgan fingerprint density at radius 3 is 2.75 bits per heavy atom. The number of hydrogen-bond donors (Lipinski definition) is 0. The van der Waals surface area contributed by atoms with Gasteiger partial charge in [0, 0.05) is 6.08 Å². The van der Waals surface area contributed by atoms with E-state index < -0.39 is 5.97 Å². The average Bonchev–Trinajstić information content (AvgIpc) is 2.50. The lowest BCUT2D eigenvalue weighted by molar-refractivity contribution is -0.138. The van der Waals surface area contributed by atoms with Gasteiger partial charge in [-0.3, -0.25) is 0 Å². The lowest BCUT2D eigenvalue weighted by atomic mass is 10.6. The van der Waals surface area contributed by atoms with Crippen molar-refractivity contribution < 1.29 is 9.53 Å². The highest BCUT2D eigenvalue weighted by atomic mass is 16.5. The fourth-order valence-corrected chi connectivity index (χ4v) is 0.389. The van der Waals surface area contributed by atoms with Gasteiger partial charge in [0.15, 0.2) is 0 Å². The molecule has 1 aliphatic carbocycles. The molecule has 1 aliphatic rings. The molecular weight excluding hydrogens is 104 g/mol. The zero-order chi connectivity index (χ0) is 5.98. The van der Waals surface area contributed by atoms with Crippen molar-refractivity contribution in [2.75, 3.05) is 0 Å². The van der Waals surface area contributed by atoms with E-state index in [1.807, 2.05) is 0 Å². The first-order valence-electron chi connectivity index (χ1n) is 2.58. The van der Waals surface area contributed by atoms with E-state index in [1.165, 1.54) is 0 Å². The maximum atomic E-state index is 10.3. The minimum absolute atomic E-state index is 0.169. The van der Waals surface area contributed by atoms with Crippen molar-refractivity contribution in [2.45, 2.75) is 18.9 Å². The van der Waals surface area contributed by atoms with Crippen LogP contribution in [0.1, 0.15) is 12.8 Å². The number of esters is 1. The summed E-state index contributed by atoms with van der Waals surface area (Å²) in [5, 5.41) is 0. The minimum atomic E-state index is -0.410. The predicted molar refractivity (Wildman–Crippen MR) is 28.0 cm³/mol. The van der Waals surface area contributed by atoms with Crippen LogP contribution in [0.15, 0.2) is 6.08 Å². The van der Waals surface area contributed by atoms with Gasteiger partial charge in [-0.15, -0.1) is 0 Å².